The van der Waals surface area contributed by atoms with Crippen LogP contribution in [0.4, 0.5) is 0 Å². The Morgan fingerprint density at radius 2 is 2.46 bits per heavy atom. The molecule has 1 atom stereocenters. The van der Waals surface area contributed by atoms with Crippen LogP contribution in [-0.4, -0.2) is 21.4 Å². The summed E-state index contributed by atoms with van der Waals surface area (Å²) in [5.74, 6) is 0.898. The lowest BCUT2D eigenvalue weighted by atomic mass is 10.0. The number of ether oxygens (including phenoxy) is 1. The number of H-pyrrole nitrogens is 1. The molecule has 0 radical (unpaired) electrons. The van der Waals surface area contributed by atoms with Crippen molar-refractivity contribution in [3.63, 3.8) is 0 Å². The second kappa shape index (κ2) is 2.92. The first-order valence-corrected chi connectivity index (χ1v) is 4.80. The van der Waals surface area contributed by atoms with Gasteiger partial charge in [0.2, 0.25) is 0 Å². The van der Waals surface area contributed by atoms with E-state index in [0.717, 1.165) is 25.3 Å². The Kier molecular flexibility index (Phi) is 2.00. The molecule has 0 bridgehead atoms. The molecule has 2 heterocycles. The highest BCUT2D eigenvalue weighted by Crippen LogP contribution is 2.33. The van der Waals surface area contributed by atoms with Crippen molar-refractivity contribution in [1.82, 2.24) is 14.8 Å². The summed E-state index contributed by atoms with van der Waals surface area (Å²) < 4.78 is 8.19. The molecule has 0 aromatic carbocycles. The second-order valence-corrected chi connectivity index (χ2v) is 3.98. The van der Waals surface area contributed by atoms with Crippen molar-refractivity contribution in [3.8, 4) is 0 Å². The van der Waals surface area contributed by atoms with E-state index in [4.69, 9.17) is 17.0 Å². The van der Waals surface area contributed by atoms with Gasteiger partial charge in [-0.05, 0) is 32.0 Å². The smallest absolute Gasteiger partial charge is 0.194 e. The molecular formula is C8H13N3OS. The summed E-state index contributed by atoms with van der Waals surface area (Å²) in [6.45, 7) is 2.88. The third kappa shape index (κ3) is 1.32. The molecule has 1 fully saturated rings. The van der Waals surface area contributed by atoms with Gasteiger partial charge in [0.05, 0.1) is 0 Å². The van der Waals surface area contributed by atoms with Gasteiger partial charge in [0.15, 0.2) is 10.6 Å². The van der Waals surface area contributed by atoms with E-state index < -0.39 is 0 Å². The Morgan fingerprint density at radius 3 is 2.92 bits per heavy atom. The minimum Gasteiger partial charge on any atom is -0.367 e. The predicted octanol–water partition coefficient (Wildman–Crippen LogP) is 1.50. The molecule has 0 spiro atoms. The molecule has 1 aromatic rings. The normalized spacial score (nSPS) is 28.2. The number of aromatic nitrogens is 3. The molecule has 2 rings (SSSR count). The Morgan fingerprint density at radius 1 is 1.69 bits per heavy atom. The van der Waals surface area contributed by atoms with Crippen LogP contribution in [-0.2, 0) is 17.4 Å². The van der Waals surface area contributed by atoms with Gasteiger partial charge in [-0.15, -0.1) is 0 Å². The molecule has 1 N–H and O–H groups in total. The van der Waals surface area contributed by atoms with Crippen LogP contribution in [0.2, 0.25) is 0 Å². The maximum atomic E-state index is 5.67. The molecule has 1 aromatic heterocycles. The highest BCUT2D eigenvalue weighted by molar-refractivity contribution is 7.71. The van der Waals surface area contributed by atoms with E-state index in [1.807, 2.05) is 11.6 Å². The summed E-state index contributed by atoms with van der Waals surface area (Å²) in [6, 6.07) is 0. The first-order valence-electron chi connectivity index (χ1n) is 4.39. The van der Waals surface area contributed by atoms with Gasteiger partial charge >= 0.3 is 0 Å². The highest BCUT2D eigenvalue weighted by Gasteiger charge is 2.35. The molecular weight excluding hydrogens is 186 g/mol. The van der Waals surface area contributed by atoms with Crippen LogP contribution in [0.25, 0.3) is 0 Å². The van der Waals surface area contributed by atoms with Gasteiger partial charge in [-0.2, -0.15) is 5.10 Å². The zero-order valence-corrected chi connectivity index (χ0v) is 8.65. The summed E-state index contributed by atoms with van der Waals surface area (Å²) in [6.07, 6.45) is 2.11. The van der Waals surface area contributed by atoms with Crippen LogP contribution < -0.4 is 0 Å². The first kappa shape index (κ1) is 8.90. The van der Waals surface area contributed by atoms with Gasteiger partial charge in [-0.3, -0.25) is 5.10 Å². The fourth-order valence-corrected chi connectivity index (χ4v) is 1.91. The summed E-state index contributed by atoms with van der Waals surface area (Å²) in [7, 11) is 1.91. The molecule has 4 nitrogen and oxygen atoms in total. The first-order chi connectivity index (χ1) is 6.13. The quantitative estimate of drug-likeness (QED) is 0.697. The lowest BCUT2D eigenvalue weighted by Crippen LogP contribution is -2.24. The molecule has 0 amide bonds. The zero-order chi connectivity index (χ0) is 9.47. The zero-order valence-electron chi connectivity index (χ0n) is 7.83. The van der Waals surface area contributed by atoms with Crippen LogP contribution in [0.5, 0.6) is 0 Å². The molecule has 1 saturated heterocycles. The summed E-state index contributed by atoms with van der Waals surface area (Å²) in [5.41, 5.74) is -0.248. The monoisotopic (exact) mass is 199 g/mol. The summed E-state index contributed by atoms with van der Waals surface area (Å²) in [4.78, 5) is 0. The van der Waals surface area contributed by atoms with E-state index in [1.54, 1.807) is 0 Å². The number of hydrogen-bond acceptors (Lipinski definition) is 3. The summed E-state index contributed by atoms with van der Waals surface area (Å²) in [5, 5.41) is 6.96. The number of aromatic amines is 1. The standard InChI is InChI=1S/C8H13N3OS/c1-8(4-3-5-12-8)6-9-10-7(13)11(6)2/h3-5H2,1-2H3,(H,10,13). The lowest BCUT2D eigenvalue weighted by Gasteiger charge is -2.21. The van der Waals surface area contributed by atoms with E-state index in [2.05, 4.69) is 17.1 Å². The van der Waals surface area contributed by atoms with E-state index in [-0.39, 0.29) is 5.60 Å². The van der Waals surface area contributed by atoms with Crippen LogP contribution >= 0.6 is 12.2 Å². The van der Waals surface area contributed by atoms with Crippen molar-refractivity contribution in [1.29, 1.82) is 0 Å². The van der Waals surface area contributed by atoms with Crippen molar-refractivity contribution in [2.75, 3.05) is 6.61 Å². The molecule has 1 aliphatic heterocycles. The minimum absolute atomic E-state index is 0.248. The van der Waals surface area contributed by atoms with Crippen LogP contribution in [0, 0.1) is 4.77 Å². The van der Waals surface area contributed by atoms with Crippen molar-refractivity contribution in [2.24, 2.45) is 7.05 Å². The van der Waals surface area contributed by atoms with E-state index in [0.29, 0.717) is 4.77 Å². The number of hydrogen-bond donors (Lipinski definition) is 1. The number of rotatable bonds is 1. The fourth-order valence-electron chi connectivity index (χ4n) is 1.78. The molecule has 72 valence electrons. The van der Waals surface area contributed by atoms with Crippen LogP contribution in [0.15, 0.2) is 0 Å². The van der Waals surface area contributed by atoms with Gasteiger partial charge in [0.1, 0.15) is 5.60 Å². The maximum absolute atomic E-state index is 5.67. The van der Waals surface area contributed by atoms with Gasteiger partial charge in [-0.1, -0.05) is 0 Å². The van der Waals surface area contributed by atoms with Gasteiger partial charge < -0.3 is 9.30 Å². The van der Waals surface area contributed by atoms with E-state index >= 15 is 0 Å². The highest BCUT2D eigenvalue weighted by atomic mass is 32.1. The van der Waals surface area contributed by atoms with Crippen LogP contribution in [0.1, 0.15) is 25.6 Å². The van der Waals surface area contributed by atoms with E-state index in [1.165, 1.54) is 0 Å². The average molecular weight is 199 g/mol. The third-order valence-corrected chi connectivity index (χ3v) is 2.94. The number of nitrogens with one attached hydrogen (secondary N) is 1. The second-order valence-electron chi connectivity index (χ2n) is 3.59. The van der Waals surface area contributed by atoms with Crippen molar-refractivity contribution < 1.29 is 4.74 Å². The van der Waals surface area contributed by atoms with Crippen molar-refractivity contribution >= 4 is 12.2 Å². The summed E-state index contributed by atoms with van der Waals surface area (Å²) >= 11 is 5.05. The largest absolute Gasteiger partial charge is 0.367 e. The molecule has 0 aliphatic carbocycles. The van der Waals surface area contributed by atoms with Gasteiger partial charge in [0, 0.05) is 13.7 Å². The Labute approximate surface area is 81.9 Å². The minimum atomic E-state index is -0.248. The van der Waals surface area contributed by atoms with Crippen LogP contribution in [0.3, 0.4) is 0 Å². The fraction of sp³-hybridized carbons (Fsp3) is 0.750. The Balaban J connectivity index is 2.44. The molecule has 0 saturated carbocycles. The molecule has 1 aliphatic rings. The number of nitrogens with zero attached hydrogens (tertiary/aromatic N) is 2. The molecule has 13 heavy (non-hydrogen) atoms. The third-order valence-electron chi connectivity index (χ3n) is 2.57. The maximum Gasteiger partial charge on any atom is 0.194 e. The van der Waals surface area contributed by atoms with Gasteiger partial charge in [0.25, 0.3) is 0 Å². The van der Waals surface area contributed by atoms with Crippen molar-refractivity contribution in [3.05, 3.63) is 10.6 Å². The SMILES string of the molecule is Cn1c(C2(C)CCCO2)n[nH]c1=S. The van der Waals surface area contributed by atoms with Crippen molar-refractivity contribution in [2.45, 2.75) is 25.4 Å². The molecule has 1 unspecified atom stereocenters. The van der Waals surface area contributed by atoms with Gasteiger partial charge in [-0.25, -0.2) is 0 Å². The lowest BCUT2D eigenvalue weighted by molar-refractivity contribution is 0.00687. The van der Waals surface area contributed by atoms with E-state index in [9.17, 15) is 0 Å². The topological polar surface area (TPSA) is 42.8 Å². The average Bonchev–Trinajstić information content (AvgIpc) is 2.63. The molecule has 5 heteroatoms. The Hall–Kier alpha value is -0.680. The predicted molar refractivity (Wildman–Crippen MR) is 50.9 cm³/mol. The Bertz CT molecular complexity index is 362.